The van der Waals surface area contributed by atoms with Crippen LogP contribution < -0.4 is 21.3 Å². The molecule has 3 aliphatic carbocycles. The fraction of sp³-hybridized carbons (Fsp3) is 0.481. The maximum Gasteiger partial charge on any atom is 0.255 e. The number of hydrogen-bond acceptors (Lipinski definition) is 11. The van der Waals surface area contributed by atoms with Crippen LogP contribution in [0.5, 0.6) is 5.75 Å². The molecule has 13 heteroatoms. The van der Waals surface area contributed by atoms with Crippen LogP contribution >= 0.6 is 0 Å². The molecule has 0 fully saturated rings. The van der Waals surface area contributed by atoms with Gasteiger partial charge in [-0.15, -0.1) is 0 Å². The van der Waals surface area contributed by atoms with Crippen LogP contribution in [-0.2, 0) is 20.8 Å². The molecule has 0 aliphatic heterocycles. The number of likely N-dealkylation sites (N-methyl/N-ethyl adjacent to an activating group) is 2. The van der Waals surface area contributed by atoms with E-state index in [0.717, 1.165) is 0 Å². The molecular formula is C27H35N5O8. The lowest BCUT2D eigenvalue weighted by Gasteiger charge is -2.50. The predicted octanol–water partition coefficient (Wildman–Crippen LogP) is -0.267. The quantitative estimate of drug-likeness (QED) is 0.179. The lowest BCUT2D eigenvalue weighted by molar-refractivity contribution is -0.148. The highest BCUT2D eigenvalue weighted by Crippen LogP contribution is 2.53. The molecule has 0 bridgehead atoms. The van der Waals surface area contributed by atoms with E-state index in [0.29, 0.717) is 11.3 Å². The number of phenols is 1. The Kier molecular flexibility index (Phi) is 7.20. The maximum absolute atomic E-state index is 14.0. The van der Waals surface area contributed by atoms with Gasteiger partial charge in [0, 0.05) is 31.3 Å². The third kappa shape index (κ3) is 4.03. The number of primary amides is 1. The number of aliphatic hydroxyl groups excluding tert-OH is 2. The second kappa shape index (κ2) is 9.91. The van der Waals surface area contributed by atoms with E-state index in [1.165, 1.54) is 4.90 Å². The Labute approximate surface area is 230 Å². The lowest BCUT2D eigenvalue weighted by atomic mass is 9.58. The Hall–Kier alpha value is -3.94. The van der Waals surface area contributed by atoms with E-state index in [2.05, 4.69) is 10.6 Å². The van der Waals surface area contributed by atoms with Gasteiger partial charge in [0.15, 0.2) is 17.1 Å². The normalized spacial score (nSPS) is 26.8. The zero-order valence-electron chi connectivity index (χ0n) is 23.2. The van der Waals surface area contributed by atoms with Gasteiger partial charge in [-0.2, -0.15) is 0 Å². The van der Waals surface area contributed by atoms with Crippen LogP contribution in [0.4, 0.5) is 11.4 Å². The summed E-state index contributed by atoms with van der Waals surface area (Å²) in [4.78, 5) is 55.3. The van der Waals surface area contributed by atoms with Crippen molar-refractivity contribution in [1.82, 2.24) is 10.2 Å². The molecule has 3 aliphatic rings. The van der Waals surface area contributed by atoms with Gasteiger partial charge in [0.2, 0.25) is 11.7 Å². The van der Waals surface area contributed by atoms with Gasteiger partial charge in [-0.25, -0.2) is 0 Å². The van der Waals surface area contributed by atoms with Gasteiger partial charge in [0.1, 0.15) is 17.1 Å². The molecule has 0 aromatic heterocycles. The van der Waals surface area contributed by atoms with Crippen molar-refractivity contribution >= 4 is 34.8 Å². The Bertz CT molecular complexity index is 1400. The van der Waals surface area contributed by atoms with E-state index in [4.69, 9.17) is 5.73 Å². The minimum Gasteiger partial charge on any atom is -0.510 e. The highest BCUT2D eigenvalue weighted by Gasteiger charge is 2.63. The first-order chi connectivity index (χ1) is 18.6. The number of anilines is 2. The van der Waals surface area contributed by atoms with Crippen LogP contribution in [0.25, 0.3) is 0 Å². The molecule has 0 spiro atoms. The monoisotopic (exact) mass is 557 g/mol. The first-order valence-corrected chi connectivity index (χ1v) is 12.8. The molecule has 1 aromatic rings. The van der Waals surface area contributed by atoms with E-state index in [9.17, 15) is 39.6 Å². The first kappa shape index (κ1) is 29.1. The van der Waals surface area contributed by atoms with Crippen molar-refractivity contribution in [3.05, 3.63) is 39.9 Å². The van der Waals surface area contributed by atoms with Gasteiger partial charge in [-0.3, -0.25) is 24.1 Å². The number of aliphatic hydroxyl groups is 3. The molecule has 0 heterocycles. The molecule has 0 saturated carbocycles. The van der Waals surface area contributed by atoms with E-state index in [-0.39, 0.29) is 29.7 Å². The molecule has 3 unspecified atom stereocenters. The SMILES string of the molecule is CNC(C)C(=O)Nc1cc(N(C)C)c2c(c1O)C(=O)C1=C(O)[C@]3(O)C(=O)C(C(N)=O)=C(O)[C@@H](N(C)C)C3CC1C2. The molecule has 0 saturated heterocycles. The number of Topliss-reactive ketones (excluding diaryl/α,β-unsaturated/α-hetero) is 2. The van der Waals surface area contributed by atoms with Crippen LogP contribution in [0.3, 0.4) is 0 Å². The third-order valence-electron chi connectivity index (χ3n) is 8.26. The number of carbonyl (C=O) groups excluding carboxylic acids is 4. The highest BCUT2D eigenvalue weighted by atomic mass is 16.3. The van der Waals surface area contributed by atoms with E-state index in [1.807, 2.05) is 0 Å². The van der Waals surface area contributed by atoms with Gasteiger partial charge < -0.3 is 41.7 Å². The summed E-state index contributed by atoms with van der Waals surface area (Å²) in [6.45, 7) is 1.62. The van der Waals surface area contributed by atoms with Crippen LogP contribution in [0, 0.1) is 11.8 Å². The smallest absolute Gasteiger partial charge is 0.255 e. The van der Waals surface area contributed by atoms with Gasteiger partial charge in [-0.05, 0) is 58.5 Å². The van der Waals surface area contributed by atoms with E-state index < -0.39 is 75.7 Å². The Balaban J connectivity index is 1.94. The third-order valence-corrected chi connectivity index (χ3v) is 8.26. The summed E-state index contributed by atoms with van der Waals surface area (Å²) < 4.78 is 0. The second-order valence-corrected chi connectivity index (χ2v) is 11.0. The number of ketones is 2. The average molecular weight is 558 g/mol. The van der Waals surface area contributed by atoms with Gasteiger partial charge in [0.25, 0.3) is 5.91 Å². The van der Waals surface area contributed by atoms with Crippen molar-refractivity contribution in [1.29, 1.82) is 0 Å². The Morgan fingerprint density at radius 3 is 2.30 bits per heavy atom. The molecule has 1 aromatic carbocycles. The number of phenolic OH excluding ortho intramolecular Hbond substituents is 1. The van der Waals surface area contributed by atoms with Crippen molar-refractivity contribution in [2.75, 3.05) is 45.5 Å². The van der Waals surface area contributed by atoms with Crippen molar-refractivity contribution in [2.45, 2.75) is 37.5 Å². The zero-order valence-corrected chi connectivity index (χ0v) is 23.2. The number of nitrogens with one attached hydrogen (secondary N) is 2. The summed E-state index contributed by atoms with van der Waals surface area (Å²) in [5.41, 5.74) is 2.29. The first-order valence-electron chi connectivity index (χ1n) is 12.8. The fourth-order valence-corrected chi connectivity index (χ4v) is 6.17. The number of hydrogen-bond donors (Lipinski definition) is 7. The number of fused-ring (bicyclic) bond motifs is 3. The van der Waals surface area contributed by atoms with Gasteiger partial charge in [-0.1, -0.05) is 0 Å². The molecule has 4 rings (SSSR count). The molecular weight excluding hydrogens is 522 g/mol. The lowest BCUT2D eigenvalue weighted by Crippen LogP contribution is -2.63. The van der Waals surface area contributed by atoms with Crippen LogP contribution in [-0.4, -0.2) is 102 Å². The number of aromatic hydroxyl groups is 1. The average Bonchev–Trinajstić information content (AvgIpc) is 2.86. The summed E-state index contributed by atoms with van der Waals surface area (Å²) in [7, 11) is 8.20. The molecule has 2 amide bonds. The van der Waals surface area contributed by atoms with Crippen molar-refractivity contribution in [3.8, 4) is 5.75 Å². The number of amides is 2. The molecule has 40 heavy (non-hydrogen) atoms. The molecule has 8 N–H and O–H groups in total. The summed E-state index contributed by atoms with van der Waals surface area (Å²) in [6.07, 6.45) is 0.119. The fourth-order valence-electron chi connectivity index (χ4n) is 6.17. The highest BCUT2D eigenvalue weighted by molar-refractivity contribution is 6.25. The standard InChI is InChI=1S/C27H35N5O8/c1-10(29-2)26(39)30-14-9-15(31(3)4)12-7-11-8-13-19(32(5)6)22(35)18(25(28)38)24(37)27(13,40)23(36)16(11)21(34)17(12)20(14)33/h9-11,13,19,29,33,35-36,40H,7-8H2,1-6H3,(H2,28,38)(H,30,39)/t10?,11?,13?,19-,27-/m0/s1. The van der Waals surface area contributed by atoms with Crippen LogP contribution in [0.15, 0.2) is 28.7 Å². The predicted molar refractivity (Wildman–Crippen MR) is 145 cm³/mol. The van der Waals surface area contributed by atoms with Crippen LogP contribution in [0.1, 0.15) is 29.3 Å². The Morgan fingerprint density at radius 2 is 1.77 bits per heavy atom. The summed E-state index contributed by atoms with van der Waals surface area (Å²) >= 11 is 0. The minimum absolute atomic E-state index is 0.0163. The van der Waals surface area contributed by atoms with Gasteiger partial charge >= 0.3 is 0 Å². The van der Waals surface area contributed by atoms with Crippen molar-refractivity contribution in [3.63, 3.8) is 0 Å². The minimum atomic E-state index is -2.72. The van der Waals surface area contributed by atoms with E-state index >= 15 is 0 Å². The number of allylic oxidation sites excluding steroid dienone is 1. The second-order valence-electron chi connectivity index (χ2n) is 11.0. The number of nitrogens with two attached hydrogens (primary N) is 1. The van der Waals surface area contributed by atoms with E-state index in [1.54, 1.807) is 53.1 Å². The summed E-state index contributed by atoms with van der Waals surface area (Å²) in [6, 6.07) is -0.130. The number of carbonyl (C=O) groups is 4. The molecule has 5 atom stereocenters. The van der Waals surface area contributed by atoms with Crippen molar-refractivity contribution in [2.24, 2.45) is 17.6 Å². The van der Waals surface area contributed by atoms with Gasteiger partial charge in [0.05, 0.1) is 23.3 Å². The molecule has 216 valence electrons. The summed E-state index contributed by atoms with van der Waals surface area (Å²) in [5, 5.41) is 50.6. The Morgan fingerprint density at radius 1 is 1.15 bits per heavy atom. The summed E-state index contributed by atoms with van der Waals surface area (Å²) in [5.74, 6) is -7.79. The molecule has 0 radical (unpaired) electrons. The zero-order chi connectivity index (χ0) is 30.0. The largest absolute Gasteiger partial charge is 0.510 e. The van der Waals surface area contributed by atoms with Crippen LogP contribution in [0.2, 0.25) is 0 Å². The van der Waals surface area contributed by atoms with Crippen molar-refractivity contribution < 1.29 is 39.6 Å². The number of benzene rings is 1. The number of rotatable bonds is 6. The molecule has 13 nitrogen and oxygen atoms in total. The number of nitrogens with zero attached hydrogens (tertiary/aromatic N) is 2. The maximum atomic E-state index is 14.0. The topological polar surface area (TPSA) is 206 Å².